The van der Waals surface area contributed by atoms with Crippen molar-refractivity contribution in [1.82, 2.24) is 0 Å². The lowest BCUT2D eigenvalue weighted by atomic mass is 9.69. The number of ether oxygens (including phenoxy) is 3. The first-order chi connectivity index (χ1) is 31.1. The van der Waals surface area contributed by atoms with Gasteiger partial charge in [-0.25, -0.2) is 0 Å². The van der Waals surface area contributed by atoms with Gasteiger partial charge < -0.3 is 29.5 Å². The first-order valence-corrected chi connectivity index (χ1v) is 25.0. The number of aryl methyl sites for hydroxylation is 4. The monoisotopic (exact) mass is 903 g/mol. The molecule has 5 rings (SSSR count). The van der Waals surface area contributed by atoms with Gasteiger partial charge in [0.15, 0.2) is 5.79 Å². The summed E-state index contributed by atoms with van der Waals surface area (Å²) >= 11 is 0. The standard InChI is InChI=1S/C33H48O4.C27H38O2/c1-10-32(34,11-2)20-25(7)29-16-14-26(18-23(29)5)33(12-3,13-4)27-15-17-30(24(6)19-27)35-21-28-22-36-31(8,9)37-28;1-8-26(29,9-2)18-21(7)24-14-12-22(16-19(24)5)27(10-3,11-4)23-13-15-25(28)20(6)17-23/h14-20,28,34H,10-13,21-22H2,1-9H3;12-18,28-29H,8-11H2,1-7H3/b25-20+;21-18+/t28-;/m1./s1. The van der Waals surface area contributed by atoms with Gasteiger partial charge in [-0.05, 0) is 198 Å². The fraction of sp³-hybridized carbons (Fsp3) is 0.533. The number of hydrogen-bond donors (Lipinski definition) is 3. The molecule has 0 amide bonds. The Kier molecular flexibility index (Phi) is 18.7. The maximum absolute atomic E-state index is 10.8. The van der Waals surface area contributed by atoms with Crippen LogP contribution in [0.2, 0.25) is 0 Å². The Balaban J connectivity index is 0.000000297. The highest BCUT2D eigenvalue weighted by atomic mass is 16.7. The maximum atomic E-state index is 10.8. The van der Waals surface area contributed by atoms with Gasteiger partial charge >= 0.3 is 0 Å². The molecule has 1 atom stereocenters. The third-order valence-electron chi connectivity index (χ3n) is 15.2. The van der Waals surface area contributed by atoms with E-state index in [2.05, 4.69) is 129 Å². The van der Waals surface area contributed by atoms with E-state index in [0.29, 0.717) is 44.6 Å². The van der Waals surface area contributed by atoms with E-state index in [1.807, 2.05) is 66.7 Å². The van der Waals surface area contributed by atoms with E-state index in [1.54, 1.807) is 0 Å². The van der Waals surface area contributed by atoms with Crippen LogP contribution >= 0.6 is 0 Å². The summed E-state index contributed by atoms with van der Waals surface area (Å²) < 4.78 is 17.7. The zero-order valence-electron chi connectivity index (χ0n) is 43.8. The summed E-state index contributed by atoms with van der Waals surface area (Å²) in [7, 11) is 0. The summed E-state index contributed by atoms with van der Waals surface area (Å²) in [6.45, 7) is 34.7. The normalized spacial score (nSPS) is 16.0. The van der Waals surface area contributed by atoms with Gasteiger partial charge in [0.05, 0.1) is 17.8 Å². The van der Waals surface area contributed by atoms with Gasteiger partial charge in [-0.2, -0.15) is 0 Å². The molecule has 6 nitrogen and oxygen atoms in total. The fourth-order valence-electron chi connectivity index (χ4n) is 10.2. The number of rotatable bonds is 19. The lowest BCUT2D eigenvalue weighted by molar-refractivity contribution is -0.141. The number of benzene rings is 4. The Bertz CT molecular complexity index is 2280. The number of hydrogen-bond acceptors (Lipinski definition) is 6. The van der Waals surface area contributed by atoms with Crippen molar-refractivity contribution in [2.75, 3.05) is 13.2 Å². The van der Waals surface area contributed by atoms with Crippen molar-refractivity contribution in [2.45, 2.75) is 196 Å². The van der Waals surface area contributed by atoms with Crippen LogP contribution in [0.3, 0.4) is 0 Å². The van der Waals surface area contributed by atoms with Gasteiger partial charge in [0.1, 0.15) is 24.2 Å². The summed E-state index contributed by atoms with van der Waals surface area (Å²) in [6, 6.07) is 26.2. The minimum absolute atomic E-state index is 0.0518. The SMILES string of the molecule is CCC(O)(/C=C(\C)c1ccc(C(CC)(CC)c2ccc(O)c(C)c2)cc1C)CC.CCC(O)(/C=C(\C)c1ccc(C(CC)(CC)c2ccc(OC[C@@H]3COC(C)(C)O3)c(C)c2)cc1C)CC. The minimum Gasteiger partial charge on any atom is -0.508 e. The van der Waals surface area contributed by atoms with Gasteiger partial charge in [0.2, 0.25) is 0 Å². The topological polar surface area (TPSA) is 88.4 Å². The van der Waals surface area contributed by atoms with Crippen LogP contribution in [0.1, 0.15) is 190 Å². The van der Waals surface area contributed by atoms with Crippen molar-refractivity contribution in [3.05, 3.63) is 141 Å². The Morgan fingerprint density at radius 3 is 1.29 bits per heavy atom. The molecule has 1 aliphatic rings. The predicted octanol–water partition coefficient (Wildman–Crippen LogP) is 15.0. The average Bonchev–Trinajstić information content (AvgIpc) is 3.66. The second kappa shape index (κ2) is 22.7. The Morgan fingerprint density at radius 1 is 0.576 bits per heavy atom. The molecule has 0 unspecified atom stereocenters. The lowest BCUT2D eigenvalue weighted by Gasteiger charge is -2.34. The van der Waals surface area contributed by atoms with E-state index >= 15 is 0 Å². The quantitative estimate of drug-likeness (QED) is 0.0869. The van der Waals surface area contributed by atoms with Crippen LogP contribution in [0.4, 0.5) is 0 Å². The van der Waals surface area contributed by atoms with Crippen LogP contribution in [0.25, 0.3) is 11.1 Å². The molecule has 0 aromatic heterocycles. The Hall–Kier alpha value is -4.20. The Morgan fingerprint density at radius 2 is 0.955 bits per heavy atom. The lowest BCUT2D eigenvalue weighted by Crippen LogP contribution is -2.27. The minimum atomic E-state index is -0.750. The fourth-order valence-corrected chi connectivity index (χ4v) is 10.2. The van der Waals surface area contributed by atoms with Crippen LogP contribution in [0, 0.1) is 27.7 Å². The molecule has 0 radical (unpaired) electrons. The van der Waals surface area contributed by atoms with Crippen LogP contribution in [-0.4, -0.2) is 51.6 Å². The number of phenols is 1. The van der Waals surface area contributed by atoms with Crippen LogP contribution in [0.15, 0.2) is 84.9 Å². The van der Waals surface area contributed by atoms with Gasteiger partial charge in [-0.15, -0.1) is 0 Å². The summed E-state index contributed by atoms with van der Waals surface area (Å²) in [6.07, 6.45) is 10.9. The van der Waals surface area contributed by atoms with E-state index in [9.17, 15) is 15.3 Å². The van der Waals surface area contributed by atoms with Crippen molar-refractivity contribution < 1.29 is 29.5 Å². The number of allylic oxidation sites excluding steroid dienone is 2. The molecule has 6 heteroatoms. The highest BCUT2D eigenvalue weighted by Crippen LogP contribution is 2.43. The summed E-state index contributed by atoms with van der Waals surface area (Å²) in [5.74, 6) is 0.704. The van der Waals surface area contributed by atoms with Crippen molar-refractivity contribution in [3.63, 3.8) is 0 Å². The number of phenolic OH excluding ortho intramolecular Hbond substituents is 1. The Labute approximate surface area is 400 Å². The number of aliphatic hydroxyl groups is 2. The molecule has 1 heterocycles. The van der Waals surface area contributed by atoms with Crippen LogP contribution < -0.4 is 4.74 Å². The second-order valence-electron chi connectivity index (χ2n) is 19.7. The van der Waals surface area contributed by atoms with Gasteiger partial charge in [-0.3, -0.25) is 0 Å². The molecule has 0 saturated carbocycles. The van der Waals surface area contributed by atoms with E-state index in [0.717, 1.165) is 53.7 Å². The first kappa shape index (κ1) is 54.4. The molecule has 66 heavy (non-hydrogen) atoms. The van der Waals surface area contributed by atoms with Gasteiger partial charge in [0, 0.05) is 10.8 Å². The smallest absolute Gasteiger partial charge is 0.163 e. The summed E-state index contributed by atoms with van der Waals surface area (Å²) in [4.78, 5) is 0. The molecule has 4 aromatic carbocycles. The highest BCUT2D eigenvalue weighted by Gasteiger charge is 2.35. The van der Waals surface area contributed by atoms with E-state index in [4.69, 9.17) is 14.2 Å². The molecule has 0 spiro atoms. The largest absolute Gasteiger partial charge is 0.508 e. The molecule has 362 valence electrons. The zero-order valence-corrected chi connectivity index (χ0v) is 43.8. The molecular formula is C60H86O6. The molecule has 1 fully saturated rings. The second-order valence-corrected chi connectivity index (χ2v) is 19.7. The van der Waals surface area contributed by atoms with Crippen molar-refractivity contribution >= 4 is 11.1 Å². The highest BCUT2D eigenvalue weighted by molar-refractivity contribution is 5.69. The van der Waals surface area contributed by atoms with Crippen LogP contribution in [-0.2, 0) is 20.3 Å². The summed E-state index contributed by atoms with van der Waals surface area (Å²) in [5.41, 5.74) is 12.7. The van der Waals surface area contributed by atoms with Crippen molar-refractivity contribution in [2.24, 2.45) is 0 Å². The molecule has 0 aliphatic carbocycles. The van der Waals surface area contributed by atoms with E-state index in [1.165, 1.54) is 44.5 Å². The maximum Gasteiger partial charge on any atom is 0.163 e. The van der Waals surface area contributed by atoms with Crippen molar-refractivity contribution in [1.29, 1.82) is 0 Å². The van der Waals surface area contributed by atoms with Gasteiger partial charge in [-0.1, -0.05) is 116 Å². The molecule has 1 saturated heterocycles. The predicted molar refractivity (Wildman–Crippen MR) is 278 cm³/mol. The molecular weight excluding hydrogens is 817 g/mol. The zero-order chi connectivity index (χ0) is 49.3. The number of aromatic hydroxyl groups is 1. The van der Waals surface area contributed by atoms with E-state index < -0.39 is 17.0 Å². The molecule has 1 aliphatic heterocycles. The third-order valence-corrected chi connectivity index (χ3v) is 15.2. The molecule has 0 bridgehead atoms. The van der Waals surface area contributed by atoms with Gasteiger partial charge in [0.25, 0.3) is 0 Å². The van der Waals surface area contributed by atoms with Crippen LogP contribution in [0.5, 0.6) is 11.5 Å². The first-order valence-electron chi connectivity index (χ1n) is 25.0. The molecule has 3 N–H and O–H groups in total. The van der Waals surface area contributed by atoms with Crippen molar-refractivity contribution in [3.8, 4) is 11.5 Å². The average molecular weight is 903 g/mol. The third kappa shape index (κ3) is 12.3. The van der Waals surface area contributed by atoms with E-state index in [-0.39, 0.29) is 16.9 Å². The summed E-state index contributed by atoms with van der Waals surface area (Å²) in [5, 5.41) is 31.5. The molecule has 4 aromatic rings.